The van der Waals surface area contributed by atoms with Crippen molar-refractivity contribution in [3.63, 3.8) is 0 Å². The second kappa shape index (κ2) is 9.15. The van der Waals surface area contributed by atoms with Crippen LogP contribution in [0.2, 0.25) is 5.02 Å². The maximum atomic E-state index is 11.6. The third-order valence-electron chi connectivity index (χ3n) is 3.13. The van der Waals surface area contributed by atoms with Gasteiger partial charge in [0, 0.05) is 5.02 Å². The van der Waals surface area contributed by atoms with E-state index in [0.29, 0.717) is 16.5 Å². The Morgan fingerprint density at radius 2 is 1.79 bits per heavy atom. The number of aryl methyl sites for hydroxylation is 1. The van der Waals surface area contributed by atoms with E-state index in [1.807, 2.05) is 31.2 Å². The van der Waals surface area contributed by atoms with Gasteiger partial charge in [-0.3, -0.25) is 0 Å². The summed E-state index contributed by atoms with van der Waals surface area (Å²) < 4.78 is 15.7. The van der Waals surface area contributed by atoms with Crippen LogP contribution in [-0.4, -0.2) is 37.0 Å². The van der Waals surface area contributed by atoms with E-state index in [1.165, 1.54) is 0 Å². The first-order chi connectivity index (χ1) is 11.5. The van der Waals surface area contributed by atoms with Gasteiger partial charge in [-0.15, -0.1) is 0 Å². The Bertz CT molecular complexity index is 657. The minimum Gasteiger partial charge on any atom is -0.490 e. The van der Waals surface area contributed by atoms with Crippen LogP contribution in [-0.2, 0) is 9.53 Å². The Morgan fingerprint density at radius 3 is 2.50 bits per heavy atom. The lowest BCUT2D eigenvalue weighted by molar-refractivity contribution is -0.149. The molecule has 1 N–H and O–H groups in total. The van der Waals surface area contributed by atoms with Crippen LogP contribution in [0.15, 0.2) is 48.5 Å². The minimum absolute atomic E-state index is 0.0379. The van der Waals surface area contributed by atoms with Crippen molar-refractivity contribution < 1.29 is 24.1 Å². The third kappa shape index (κ3) is 6.10. The van der Waals surface area contributed by atoms with Gasteiger partial charge in [-0.2, -0.15) is 0 Å². The van der Waals surface area contributed by atoms with Crippen LogP contribution in [0.1, 0.15) is 5.56 Å². The van der Waals surface area contributed by atoms with Crippen LogP contribution in [0.3, 0.4) is 0 Å². The Morgan fingerprint density at radius 1 is 1.08 bits per heavy atom. The first kappa shape index (κ1) is 18.1. The van der Waals surface area contributed by atoms with E-state index >= 15 is 0 Å². The lowest BCUT2D eigenvalue weighted by Crippen LogP contribution is -2.27. The standard InChI is InChI=1S/C18H19ClO5/c1-13-4-2-3-5-17(13)23-10-15(20)11-24-18(21)12-22-16-8-6-14(19)7-9-16/h2-9,15,20H,10-12H2,1H3/t15-/m1/s1. The van der Waals surface area contributed by atoms with Crippen LogP contribution >= 0.6 is 11.6 Å². The molecule has 5 nitrogen and oxygen atoms in total. The second-order valence-corrected chi connectivity index (χ2v) is 5.59. The van der Waals surface area contributed by atoms with E-state index in [4.69, 9.17) is 25.8 Å². The number of esters is 1. The summed E-state index contributed by atoms with van der Waals surface area (Å²) in [6.45, 7) is 1.55. The molecule has 0 saturated heterocycles. The summed E-state index contributed by atoms with van der Waals surface area (Å²) in [6.07, 6.45) is -0.913. The molecule has 0 aliphatic rings. The van der Waals surface area contributed by atoms with Crippen molar-refractivity contribution in [1.82, 2.24) is 0 Å². The van der Waals surface area contributed by atoms with Gasteiger partial charge in [0.2, 0.25) is 0 Å². The number of carbonyl (C=O) groups excluding carboxylic acids is 1. The highest BCUT2D eigenvalue weighted by molar-refractivity contribution is 6.30. The summed E-state index contributed by atoms with van der Waals surface area (Å²) in [5, 5.41) is 10.4. The van der Waals surface area contributed by atoms with Gasteiger partial charge >= 0.3 is 5.97 Å². The number of hydrogen-bond donors (Lipinski definition) is 1. The van der Waals surface area contributed by atoms with Crippen molar-refractivity contribution in [2.45, 2.75) is 13.0 Å². The van der Waals surface area contributed by atoms with Crippen molar-refractivity contribution in [1.29, 1.82) is 0 Å². The topological polar surface area (TPSA) is 65.0 Å². The molecule has 128 valence electrons. The second-order valence-electron chi connectivity index (χ2n) is 5.16. The average Bonchev–Trinajstić information content (AvgIpc) is 2.58. The summed E-state index contributed by atoms with van der Waals surface area (Å²) in [4.78, 5) is 11.6. The van der Waals surface area contributed by atoms with E-state index < -0.39 is 12.1 Å². The lowest BCUT2D eigenvalue weighted by Gasteiger charge is -2.14. The van der Waals surface area contributed by atoms with Crippen molar-refractivity contribution >= 4 is 17.6 Å². The van der Waals surface area contributed by atoms with E-state index in [2.05, 4.69) is 0 Å². The number of halogens is 1. The fourth-order valence-corrected chi connectivity index (χ4v) is 1.98. The molecule has 2 aromatic rings. The molecule has 1 atom stereocenters. The zero-order valence-electron chi connectivity index (χ0n) is 13.3. The monoisotopic (exact) mass is 350 g/mol. The number of aliphatic hydroxyl groups is 1. The number of aliphatic hydroxyl groups excluding tert-OH is 1. The van der Waals surface area contributed by atoms with Gasteiger partial charge in [0.05, 0.1) is 0 Å². The SMILES string of the molecule is Cc1ccccc1OC[C@@H](O)COC(=O)COc1ccc(Cl)cc1. The molecule has 0 aromatic heterocycles. The van der Waals surface area contributed by atoms with E-state index in [-0.39, 0.29) is 19.8 Å². The van der Waals surface area contributed by atoms with E-state index in [9.17, 15) is 9.90 Å². The highest BCUT2D eigenvalue weighted by Gasteiger charge is 2.11. The number of benzene rings is 2. The van der Waals surface area contributed by atoms with Gasteiger partial charge in [-0.1, -0.05) is 29.8 Å². The van der Waals surface area contributed by atoms with Crippen LogP contribution in [0, 0.1) is 6.92 Å². The molecule has 0 heterocycles. The van der Waals surface area contributed by atoms with E-state index in [0.717, 1.165) is 5.56 Å². The zero-order valence-corrected chi connectivity index (χ0v) is 14.0. The van der Waals surface area contributed by atoms with Gasteiger partial charge in [0.1, 0.15) is 30.8 Å². The zero-order chi connectivity index (χ0) is 17.4. The number of ether oxygens (including phenoxy) is 3. The van der Waals surface area contributed by atoms with Gasteiger partial charge in [0.25, 0.3) is 0 Å². The van der Waals surface area contributed by atoms with Gasteiger partial charge in [-0.05, 0) is 42.8 Å². The normalized spacial score (nSPS) is 11.6. The van der Waals surface area contributed by atoms with E-state index in [1.54, 1.807) is 24.3 Å². The molecule has 0 saturated carbocycles. The van der Waals surface area contributed by atoms with Crippen LogP contribution < -0.4 is 9.47 Å². The maximum absolute atomic E-state index is 11.6. The summed E-state index contributed by atoms with van der Waals surface area (Å²) in [5.74, 6) is 0.633. The predicted molar refractivity (Wildman–Crippen MR) is 90.6 cm³/mol. The molecular formula is C18H19ClO5. The molecular weight excluding hydrogens is 332 g/mol. The molecule has 0 aliphatic carbocycles. The summed E-state index contributed by atoms with van der Waals surface area (Å²) in [6, 6.07) is 14.1. The quantitative estimate of drug-likeness (QED) is 0.741. The summed E-state index contributed by atoms with van der Waals surface area (Å²) >= 11 is 5.76. The molecule has 24 heavy (non-hydrogen) atoms. The highest BCUT2D eigenvalue weighted by atomic mass is 35.5. The van der Waals surface area contributed by atoms with Crippen LogP contribution in [0.5, 0.6) is 11.5 Å². The Hall–Kier alpha value is -2.24. The minimum atomic E-state index is -0.913. The Labute approximate surface area is 145 Å². The molecule has 6 heteroatoms. The van der Waals surface area contributed by atoms with Crippen molar-refractivity contribution in [2.75, 3.05) is 19.8 Å². The van der Waals surface area contributed by atoms with Crippen LogP contribution in [0.4, 0.5) is 0 Å². The van der Waals surface area contributed by atoms with Gasteiger partial charge in [-0.25, -0.2) is 4.79 Å². The molecule has 0 spiro atoms. The van der Waals surface area contributed by atoms with Gasteiger partial charge < -0.3 is 19.3 Å². The summed E-state index contributed by atoms with van der Waals surface area (Å²) in [5.41, 5.74) is 0.970. The van der Waals surface area contributed by atoms with Crippen LogP contribution in [0.25, 0.3) is 0 Å². The highest BCUT2D eigenvalue weighted by Crippen LogP contribution is 2.16. The average molecular weight is 351 g/mol. The lowest BCUT2D eigenvalue weighted by atomic mass is 10.2. The van der Waals surface area contributed by atoms with Crippen molar-refractivity contribution in [2.24, 2.45) is 0 Å². The molecule has 2 rings (SSSR count). The first-order valence-electron chi connectivity index (χ1n) is 7.45. The molecule has 0 amide bonds. The first-order valence-corrected chi connectivity index (χ1v) is 7.83. The summed E-state index contributed by atoms with van der Waals surface area (Å²) in [7, 11) is 0. The maximum Gasteiger partial charge on any atom is 0.344 e. The number of hydrogen-bond acceptors (Lipinski definition) is 5. The van der Waals surface area contributed by atoms with Crippen molar-refractivity contribution in [3.8, 4) is 11.5 Å². The molecule has 0 unspecified atom stereocenters. The number of carbonyl (C=O) groups is 1. The third-order valence-corrected chi connectivity index (χ3v) is 3.38. The molecule has 0 fully saturated rings. The van der Waals surface area contributed by atoms with Crippen molar-refractivity contribution in [3.05, 3.63) is 59.1 Å². The Balaban J connectivity index is 1.65. The Kier molecular flexibility index (Phi) is 6.90. The predicted octanol–water partition coefficient (Wildman–Crippen LogP) is 3.01. The smallest absolute Gasteiger partial charge is 0.344 e. The number of para-hydroxylation sites is 1. The fourth-order valence-electron chi connectivity index (χ4n) is 1.86. The largest absolute Gasteiger partial charge is 0.490 e. The van der Waals surface area contributed by atoms with Gasteiger partial charge in [0.15, 0.2) is 6.61 Å². The molecule has 2 aromatic carbocycles. The molecule has 0 radical (unpaired) electrons. The molecule has 0 bridgehead atoms. The molecule has 0 aliphatic heterocycles. The number of rotatable bonds is 8. The fraction of sp³-hybridized carbons (Fsp3) is 0.278.